The molecule has 3 atom stereocenters. The van der Waals surface area contributed by atoms with Crippen LogP contribution in [-0.4, -0.2) is 64.7 Å². The molecule has 2 aromatic rings. The van der Waals surface area contributed by atoms with Crippen LogP contribution in [0.3, 0.4) is 0 Å². The molecule has 172 valence electrons. The number of anilines is 2. The molecule has 3 unspecified atom stereocenters. The minimum absolute atomic E-state index is 0.0286. The number of likely N-dealkylation sites (tertiary alicyclic amines) is 1. The maximum Gasteiger partial charge on any atom is 0.231 e. The van der Waals surface area contributed by atoms with Crippen LogP contribution in [-0.2, 0) is 4.79 Å². The summed E-state index contributed by atoms with van der Waals surface area (Å²) in [4.78, 5) is 23.2. The predicted octanol–water partition coefficient (Wildman–Crippen LogP) is 2.19. The summed E-state index contributed by atoms with van der Waals surface area (Å²) < 4.78 is 15.4. The Morgan fingerprint density at radius 1 is 1.25 bits per heavy atom. The lowest BCUT2D eigenvalue weighted by Crippen LogP contribution is -2.48. The fourth-order valence-electron chi connectivity index (χ4n) is 4.61. The van der Waals surface area contributed by atoms with Crippen molar-refractivity contribution in [3.05, 3.63) is 47.0 Å². The first-order valence-corrected chi connectivity index (χ1v) is 11.3. The predicted molar refractivity (Wildman–Crippen MR) is 121 cm³/mol. The van der Waals surface area contributed by atoms with E-state index in [1.165, 1.54) is 6.33 Å². The number of piperidine rings is 1. The Hall–Kier alpha value is -2.49. The van der Waals surface area contributed by atoms with E-state index in [4.69, 9.17) is 17.3 Å². The smallest absolute Gasteiger partial charge is 0.231 e. The Bertz CT molecular complexity index is 947. The average Bonchev–Trinajstić information content (AvgIpc) is 3.24. The first-order valence-electron chi connectivity index (χ1n) is 10.9. The third-order valence-electron chi connectivity index (χ3n) is 6.27. The molecule has 0 aliphatic carbocycles. The molecule has 0 spiro atoms. The number of carbonyl (C=O) groups is 1. The van der Waals surface area contributed by atoms with Crippen molar-refractivity contribution in [1.29, 1.82) is 0 Å². The van der Waals surface area contributed by atoms with Crippen molar-refractivity contribution < 1.29 is 14.3 Å². The highest BCUT2D eigenvalue weighted by molar-refractivity contribution is 6.30. The molecular formula is C22H28ClFN6O2. The highest BCUT2D eigenvalue weighted by atomic mass is 35.5. The highest BCUT2D eigenvalue weighted by Crippen LogP contribution is 2.37. The highest BCUT2D eigenvalue weighted by Gasteiger charge is 2.31. The van der Waals surface area contributed by atoms with E-state index in [0.717, 1.165) is 18.4 Å². The number of aliphatic hydroxyl groups is 1. The third-order valence-corrected chi connectivity index (χ3v) is 6.52. The number of primary amides is 1. The van der Waals surface area contributed by atoms with E-state index in [1.54, 1.807) is 0 Å². The summed E-state index contributed by atoms with van der Waals surface area (Å²) in [6.07, 6.45) is 3.25. The van der Waals surface area contributed by atoms with Crippen LogP contribution < -0.4 is 16.0 Å². The maximum atomic E-state index is 15.4. The largest absolute Gasteiger partial charge is 0.391 e. The Morgan fingerprint density at radius 2 is 2.03 bits per heavy atom. The van der Waals surface area contributed by atoms with Crippen molar-refractivity contribution >= 4 is 29.1 Å². The number of nitrogens with one attached hydrogen (secondary N) is 1. The van der Waals surface area contributed by atoms with Gasteiger partial charge >= 0.3 is 0 Å². The van der Waals surface area contributed by atoms with Crippen molar-refractivity contribution in [2.75, 3.05) is 42.9 Å². The monoisotopic (exact) mass is 462 g/mol. The Labute approximate surface area is 191 Å². The van der Waals surface area contributed by atoms with Gasteiger partial charge < -0.3 is 21.1 Å². The summed E-state index contributed by atoms with van der Waals surface area (Å²) in [5, 5.41) is 14.2. The number of nitrogens with zero attached hydrogens (tertiary/aromatic N) is 4. The van der Waals surface area contributed by atoms with Gasteiger partial charge in [0.15, 0.2) is 11.6 Å². The molecule has 0 saturated carbocycles. The zero-order chi connectivity index (χ0) is 22.7. The standard InChI is InChI=1S/C22H28ClFN6O2/c23-16-5-3-14(4-6-16)17-2-1-8-30(17)22-20(24)21(27-13-28-22)26-10-15-7-9-29(11-18(15)31)12-19(25)32/h3-6,13,15,17-18,31H,1-2,7-12H2,(H2,25,32)(H,26,27,28). The number of halogens is 2. The summed E-state index contributed by atoms with van der Waals surface area (Å²) in [6.45, 7) is 2.23. The number of hydrogen-bond donors (Lipinski definition) is 3. The molecule has 32 heavy (non-hydrogen) atoms. The van der Waals surface area contributed by atoms with Gasteiger partial charge in [-0.3, -0.25) is 9.69 Å². The van der Waals surface area contributed by atoms with E-state index in [9.17, 15) is 9.90 Å². The van der Waals surface area contributed by atoms with Gasteiger partial charge in [0.1, 0.15) is 6.33 Å². The van der Waals surface area contributed by atoms with Crippen LogP contribution in [0.4, 0.5) is 16.0 Å². The zero-order valence-electron chi connectivity index (χ0n) is 17.8. The Kier molecular flexibility index (Phi) is 7.07. The number of β-amino-alcohol motifs (C(OH)–C–C–N with tert-alkyl or cyclic N) is 1. The van der Waals surface area contributed by atoms with Crippen LogP contribution in [0, 0.1) is 11.7 Å². The maximum absolute atomic E-state index is 15.4. The SMILES string of the molecule is NC(=O)CN1CCC(CNc2ncnc(N3CCCC3c3ccc(Cl)cc3)c2F)C(O)C1. The molecule has 2 fully saturated rings. The van der Waals surface area contributed by atoms with E-state index < -0.39 is 17.8 Å². The molecule has 0 radical (unpaired) electrons. The van der Waals surface area contributed by atoms with Crippen molar-refractivity contribution in [2.24, 2.45) is 11.7 Å². The van der Waals surface area contributed by atoms with E-state index in [2.05, 4.69) is 15.3 Å². The van der Waals surface area contributed by atoms with Crippen LogP contribution in [0.5, 0.6) is 0 Å². The molecule has 1 amide bonds. The van der Waals surface area contributed by atoms with E-state index >= 15 is 4.39 Å². The topological polar surface area (TPSA) is 108 Å². The molecule has 2 aliphatic heterocycles. The van der Waals surface area contributed by atoms with Crippen LogP contribution in [0.15, 0.2) is 30.6 Å². The van der Waals surface area contributed by atoms with Crippen LogP contribution in [0.2, 0.25) is 5.02 Å². The summed E-state index contributed by atoms with van der Waals surface area (Å²) in [6, 6.07) is 7.65. The van der Waals surface area contributed by atoms with Gasteiger partial charge in [-0.15, -0.1) is 0 Å². The second-order valence-electron chi connectivity index (χ2n) is 8.46. The van der Waals surface area contributed by atoms with Crippen molar-refractivity contribution in [3.63, 3.8) is 0 Å². The van der Waals surface area contributed by atoms with Crippen molar-refractivity contribution in [2.45, 2.75) is 31.4 Å². The number of nitrogens with two attached hydrogens (primary N) is 1. The lowest BCUT2D eigenvalue weighted by molar-refractivity contribution is -0.120. The van der Waals surface area contributed by atoms with E-state index in [0.29, 0.717) is 37.6 Å². The molecule has 3 heterocycles. The molecule has 1 aromatic heterocycles. The fraction of sp³-hybridized carbons (Fsp3) is 0.500. The average molecular weight is 463 g/mol. The van der Waals surface area contributed by atoms with Crippen LogP contribution in [0.25, 0.3) is 0 Å². The third kappa shape index (κ3) is 5.11. The van der Waals surface area contributed by atoms with E-state index in [-0.39, 0.29) is 30.1 Å². The van der Waals surface area contributed by atoms with Gasteiger partial charge in [-0.05, 0) is 43.5 Å². The van der Waals surface area contributed by atoms with Gasteiger partial charge in [0.05, 0.1) is 18.7 Å². The number of aromatic nitrogens is 2. The molecule has 8 nitrogen and oxygen atoms in total. The molecule has 0 bridgehead atoms. The van der Waals surface area contributed by atoms with E-state index in [1.807, 2.05) is 34.1 Å². The molecule has 4 rings (SSSR count). The fourth-order valence-corrected chi connectivity index (χ4v) is 4.74. The molecule has 2 saturated heterocycles. The number of aliphatic hydroxyl groups excluding tert-OH is 1. The molecule has 1 aromatic carbocycles. The van der Waals surface area contributed by atoms with Crippen LogP contribution >= 0.6 is 11.6 Å². The molecule has 4 N–H and O–H groups in total. The minimum Gasteiger partial charge on any atom is -0.391 e. The van der Waals surface area contributed by atoms with Gasteiger partial charge in [0, 0.05) is 30.6 Å². The normalized spacial score (nSPS) is 24.0. The molecule has 10 heteroatoms. The zero-order valence-corrected chi connectivity index (χ0v) is 18.5. The number of hydrogen-bond acceptors (Lipinski definition) is 7. The van der Waals surface area contributed by atoms with Crippen molar-refractivity contribution in [1.82, 2.24) is 14.9 Å². The number of rotatable bonds is 7. The number of benzene rings is 1. The Morgan fingerprint density at radius 3 is 2.75 bits per heavy atom. The van der Waals surface area contributed by atoms with Crippen LogP contribution in [0.1, 0.15) is 30.9 Å². The van der Waals surface area contributed by atoms with Gasteiger partial charge in [-0.2, -0.15) is 4.39 Å². The van der Waals surface area contributed by atoms with Gasteiger partial charge in [0.2, 0.25) is 11.7 Å². The first kappa shape index (κ1) is 22.7. The summed E-state index contributed by atoms with van der Waals surface area (Å²) in [7, 11) is 0. The van der Waals surface area contributed by atoms with Gasteiger partial charge in [-0.1, -0.05) is 23.7 Å². The lowest BCUT2D eigenvalue weighted by atomic mass is 9.93. The first-order chi connectivity index (χ1) is 15.4. The minimum atomic E-state index is -0.632. The summed E-state index contributed by atoms with van der Waals surface area (Å²) in [5.41, 5.74) is 6.31. The van der Waals surface area contributed by atoms with Gasteiger partial charge in [0.25, 0.3) is 0 Å². The second-order valence-corrected chi connectivity index (χ2v) is 8.90. The van der Waals surface area contributed by atoms with Gasteiger partial charge in [-0.25, -0.2) is 9.97 Å². The lowest BCUT2D eigenvalue weighted by Gasteiger charge is -2.35. The quantitative estimate of drug-likeness (QED) is 0.578. The molecule has 2 aliphatic rings. The number of amides is 1. The summed E-state index contributed by atoms with van der Waals surface area (Å²) in [5.74, 6) is -0.581. The summed E-state index contributed by atoms with van der Waals surface area (Å²) >= 11 is 6.01. The molecular weight excluding hydrogens is 435 g/mol. The Balaban J connectivity index is 1.43. The van der Waals surface area contributed by atoms with Crippen molar-refractivity contribution in [3.8, 4) is 0 Å². The second kappa shape index (κ2) is 9.97. The number of carbonyl (C=O) groups excluding carboxylic acids is 1.